The van der Waals surface area contributed by atoms with Gasteiger partial charge in [0.15, 0.2) is 0 Å². The zero-order chi connectivity index (χ0) is 14.7. The van der Waals surface area contributed by atoms with Crippen molar-refractivity contribution in [2.24, 2.45) is 0 Å². The van der Waals surface area contributed by atoms with Crippen LogP contribution in [-0.4, -0.2) is 37.6 Å². The predicted octanol–water partition coefficient (Wildman–Crippen LogP) is 2.11. The Hall–Kier alpha value is -1.62. The molecule has 0 spiro atoms. The minimum Gasteiger partial charge on any atom is -0.496 e. The summed E-state index contributed by atoms with van der Waals surface area (Å²) in [4.78, 5) is 13.2. The molecule has 0 bridgehead atoms. The van der Waals surface area contributed by atoms with Crippen LogP contribution in [-0.2, 0) is 4.79 Å². The van der Waals surface area contributed by atoms with E-state index in [9.17, 15) is 9.18 Å². The van der Waals surface area contributed by atoms with Gasteiger partial charge in [-0.15, -0.1) is 0 Å². The van der Waals surface area contributed by atoms with Crippen LogP contribution in [0, 0.1) is 5.82 Å². The van der Waals surface area contributed by atoms with E-state index in [-0.39, 0.29) is 23.8 Å². The van der Waals surface area contributed by atoms with E-state index in [0.29, 0.717) is 24.3 Å². The molecule has 1 aliphatic rings. The van der Waals surface area contributed by atoms with Crippen molar-refractivity contribution in [2.45, 2.75) is 31.8 Å². The molecule has 2 atom stereocenters. The Kier molecular flexibility index (Phi) is 4.60. The normalized spacial score (nSPS) is 20.9. The summed E-state index contributed by atoms with van der Waals surface area (Å²) in [7, 11) is 3.34. The molecule has 0 saturated carbocycles. The Morgan fingerprint density at radius 1 is 1.50 bits per heavy atom. The third-order valence-corrected chi connectivity index (χ3v) is 3.78. The number of nitrogens with one attached hydrogen (secondary N) is 1. The number of likely N-dealkylation sites (N-methyl/N-ethyl adjacent to an activating group) is 1. The zero-order valence-electron chi connectivity index (χ0n) is 12.1. The third-order valence-electron chi connectivity index (χ3n) is 3.78. The first kappa shape index (κ1) is 14.8. The van der Waals surface area contributed by atoms with E-state index < -0.39 is 0 Å². The van der Waals surface area contributed by atoms with Gasteiger partial charge in [0.2, 0.25) is 5.91 Å². The van der Waals surface area contributed by atoms with E-state index in [1.807, 2.05) is 6.92 Å². The summed E-state index contributed by atoms with van der Waals surface area (Å²) >= 11 is 0. The van der Waals surface area contributed by atoms with Crippen LogP contribution in [0.4, 0.5) is 4.39 Å². The Morgan fingerprint density at radius 2 is 2.25 bits per heavy atom. The molecule has 1 heterocycles. The number of carbonyl (C=O) groups is 1. The molecule has 2 rings (SSSR count). The number of nitrogens with zero attached hydrogens (tertiary/aromatic N) is 1. The van der Waals surface area contributed by atoms with Crippen LogP contribution in [0.1, 0.15) is 31.4 Å². The van der Waals surface area contributed by atoms with Gasteiger partial charge in [-0.25, -0.2) is 4.39 Å². The molecule has 1 N–H and O–H groups in total. The van der Waals surface area contributed by atoms with Crippen LogP contribution in [0.15, 0.2) is 18.2 Å². The first-order chi connectivity index (χ1) is 9.52. The van der Waals surface area contributed by atoms with Gasteiger partial charge in [0, 0.05) is 37.7 Å². The summed E-state index contributed by atoms with van der Waals surface area (Å²) in [5.74, 6) is 0.439. The average Bonchev–Trinajstić information content (AvgIpc) is 2.42. The van der Waals surface area contributed by atoms with E-state index in [2.05, 4.69) is 5.32 Å². The van der Waals surface area contributed by atoms with Crippen LogP contribution in [0.5, 0.6) is 5.75 Å². The van der Waals surface area contributed by atoms with Crippen molar-refractivity contribution in [1.29, 1.82) is 0 Å². The Balaban J connectivity index is 2.09. The third kappa shape index (κ3) is 3.10. The lowest BCUT2D eigenvalue weighted by atomic mass is 10.0. The van der Waals surface area contributed by atoms with Gasteiger partial charge < -0.3 is 15.0 Å². The van der Waals surface area contributed by atoms with Crippen molar-refractivity contribution in [2.75, 3.05) is 20.7 Å². The first-order valence-corrected chi connectivity index (χ1v) is 6.85. The summed E-state index contributed by atoms with van der Waals surface area (Å²) in [5.41, 5.74) is 0.537. The summed E-state index contributed by atoms with van der Waals surface area (Å²) < 4.78 is 19.2. The lowest BCUT2D eigenvalue weighted by molar-refractivity contribution is -0.132. The number of amides is 1. The van der Waals surface area contributed by atoms with Crippen LogP contribution in [0.3, 0.4) is 0 Å². The first-order valence-electron chi connectivity index (χ1n) is 6.85. The molecule has 1 fully saturated rings. The Morgan fingerprint density at radius 3 is 2.90 bits per heavy atom. The Bertz CT molecular complexity index is 493. The summed E-state index contributed by atoms with van der Waals surface area (Å²) in [6.45, 7) is 2.57. The fourth-order valence-electron chi connectivity index (χ4n) is 2.70. The molecule has 1 aromatic rings. The molecule has 110 valence electrons. The number of piperidine rings is 1. The number of hydrogen-bond donors (Lipinski definition) is 1. The maximum atomic E-state index is 14.0. The molecule has 1 aromatic carbocycles. The average molecular weight is 280 g/mol. The molecule has 0 aliphatic carbocycles. The van der Waals surface area contributed by atoms with Crippen molar-refractivity contribution in [3.05, 3.63) is 29.6 Å². The van der Waals surface area contributed by atoms with E-state index in [4.69, 9.17) is 4.74 Å². The van der Waals surface area contributed by atoms with Crippen molar-refractivity contribution < 1.29 is 13.9 Å². The fraction of sp³-hybridized carbons (Fsp3) is 0.533. The molecule has 5 heteroatoms. The lowest BCUT2D eigenvalue weighted by Gasteiger charge is -2.32. The summed E-state index contributed by atoms with van der Waals surface area (Å²) in [5, 5.41) is 3.39. The summed E-state index contributed by atoms with van der Waals surface area (Å²) in [6.07, 6.45) is 1.32. The van der Waals surface area contributed by atoms with E-state index >= 15 is 0 Å². The number of ether oxygens (including phenoxy) is 1. The number of hydrogen-bond acceptors (Lipinski definition) is 3. The maximum absolute atomic E-state index is 14.0. The minimum absolute atomic E-state index is 0.166. The van der Waals surface area contributed by atoms with Gasteiger partial charge >= 0.3 is 0 Å². The zero-order valence-corrected chi connectivity index (χ0v) is 12.1. The van der Waals surface area contributed by atoms with Crippen LogP contribution in [0.25, 0.3) is 0 Å². The molecule has 4 nitrogen and oxygen atoms in total. The van der Waals surface area contributed by atoms with Gasteiger partial charge in [-0.3, -0.25) is 4.79 Å². The summed E-state index contributed by atoms with van der Waals surface area (Å²) in [6, 6.07) is 4.84. The number of likely N-dealkylation sites (tertiary alicyclic amines) is 1. The molecule has 2 unspecified atom stereocenters. The van der Waals surface area contributed by atoms with Crippen molar-refractivity contribution >= 4 is 5.91 Å². The smallest absolute Gasteiger partial charge is 0.222 e. The van der Waals surface area contributed by atoms with Crippen LogP contribution >= 0.6 is 0 Å². The van der Waals surface area contributed by atoms with Crippen LogP contribution < -0.4 is 10.1 Å². The van der Waals surface area contributed by atoms with E-state index in [0.717, 1.165) is 6.42 Å². The lowest BCUT2D eigenvalue weighted by Crippen LogP contribution is -2.47. The molecular formula is C15H21FN2O2. The van der Waals surface area contributed by atoms with Gasteiger partial charge in [0.05, 0.1) is 7.11 Å². The highest BCUT2D eigenvalue weighted by Crippen LogP contribution is 2.28. The Labute approximate surface area is 118 Å². The maximum Gasteiger partial charge on any atom is 0.222 e. The number of carbonyl (C=O) groups excluding carboxylic acids is 1. The molecule has 20 heavy (non-hydrogen) atoms. The molecular weight excluding hydrogens is 259 g/mol. The molecule has 0 radical (unpaired) electrons. The van der Waals surface area contributed by atoms with Crippen molar-refractivity contribution in [3.63, 3.8) is 0 Å². The van der Waals surface area contributed by atoms with Crippen LogP contribution in [0.2, 0.25) is 0 Å². The quantitative estimate of drug-likeness (QED) is 0.918. The van der Waals surface area contributed by atoms with Crippen molar-refractivity contribution in [1.82, 2.24) is 10.2 Å². The van der Waals surface area contributed by atoms with Gasteiger partial charge in [-0.1, -0.05) is 6.07 Å². The SMILES string of the molecule is COc1cccc(F)c1C(C)NC1CCC(=O)N(C)C1. The molecule has 1 saturated heterocycles. The number of benzene rings is 1. The second-order valence-electron chi connectivity index (χ2n) is 5.25. The van der Waals surface area contributed by atoms with Crippen molar-refractivity contribution in [3.8, 4) is 5.75 Å². The molecule has 1 amide bonds. The fourth-order valence-corrected chi connectivity index (χ4v) is 2.70. The van der Waals surface area contributed by atoms with Gasteiger partial charge in [0.1, 0.15) is 11.6 Å². The number of rotatable bonds is 4. The highest BCUT2D eigenvalue weighted by molar-refractivity contribution is 5.76. The second-order valence-corrected chi connectivity index (χ2v) is 5.25. The topological polar surface area (TPSA) is 41.6 Å². The second kappa shape index (κ2) is 6.22. The van der Waals surface area contributed by atoms with E-state index in [1.165, 1.54) is 13.2 Å². The van der Waals surface area contributed by atoms with E-state index in [1.54, 1.807) is 24.1 Å². The standard InChI is InChI=1S/C15H21FN2O2/c1-10(15-12(16)5-4-6-13(15)20-3)17-11-7-8-14(19)18(2)9-11/h4-6,10-11,17H,7-9H2,1-3H3. The van der Waals surface area contributed by atoms with Gasteiger partial charge in [-0.05, 0) is 25.5 Å². The molecule has 1 aliphatic heterocycles. The largest absolute Gasteiger partial charge is 0.496 e. The minimum atomic E-state index is -0.274. The molecule has 0 aromatic heterocycles. The monoisotopic (exact) mass is 280 g/mol. The van der Waals surface area contributed by atoms with Gasteiger partial charge in [0.25, 0.3) is 0 Å². The predicted molar refractivity (Wildman–Crippen MR) is 75.2 cm³/mol. The number of methoxy groups -OCH3 is 1. The number of halogens is 1. The van der Waals surface area contributed by atoms with Gasteiger partial charge in [-0.2, -0.15) is 0 Å². The highest BCUT2D eigenvalue weighted by atomic mass is 19.1. The highest BCUT2D eigenvalue weighted by Gasteiger charge is 2.25.